The maximum Gasteiger partial charge on any atom is 0.411 e. The van der Waals surface area contributed by atoms with E-state index in [1.807, 2.05) is 13.8 Å². The van der Waals surface area contributed by atoms with Crippen molar-refractivity contribution in [3.8, 4) is 0 Å². The molecule has 0 aromatic rings. The van der Waals surface area contributed by atoms with E-state index in [0.717, 1.165) is 0 Å². The summed E-state index contributed by atoms with van der Waals surface area (Å²) < 4.78 is 40.4. The third-order valence-electron chi connectivity index (χ3n) is 2.11. The van der Waals surface area contributed by atoms with E-state index in [1.165, 1.54) is 6.21 Å². The van der Waals surface area contributed by atoms with Crippen LogP contribution in [0, 0.1) is 0 Å². The molecule has 3 nitrogen and oxygen atoms in total. The zero-order valence-corrected chi connectivity index (χ0v) is 10.3. The van der Waals surface area contributed by atoms with Crippen LogP contribution in [0.1, 0.15) is 13.8 Å². The van der Waals surface area contributed by atoms with E-state index in [4.69, 9.17) is 11.6 Å². The van der Waals surface area contributed by atoms with Gasteiger partial charge in [0.05, 0.1) is 6.61 Å². The second-order valence-corrected chi connectivity index (χ2v) is 4.27. The second-order valence-electron chi connectivity index (χ2n) is 3.88. The molecule has 0 spiro atoms. The van der Waals surface area contributed by atoms with Crippen LogP contribution in [0.25, 0.3) is 0 Å². The van der Waals surface area contributed by atoms with Gasteiger partial charge in [0.15, 0.2) is 5.62 Å². The van der Waals surface area contributed by atoms with Gasteiger partial charge in [0.25, 0.3) is 0 Å². The van der Waals surface area contributed by atoms with Crippen molar-refractivity contribution in [3.05, 3.63) is 11.8 Å². The molecule has 1 aliphatic rings. The molecule has 98 valence electrons. The Labute approximate surface area is 103 Å². The summed E-state index contributed by atoms with van der Waals surface area (Å²) in [5.74, 6) is 0. The molecular formula is C10H14ClF3N2O. The van der Waals surface area contributed by atoms with Crippen molar-refractivity contribution in [2.24, 2.45) is 4.99 Å². The zero-order chi connectivity index (χ0) is 13.1. The van der Waals surface area contributed by atoms with Crippen LogP contribution in [0.2, 0.25) is 0 Å². The Hall–Kier alpha value is -0.750. The fourth-order valence-corrected chi connectivity index (χ4v) is 1.88. The maximum absolute atomic E-state index is 11.9. The molecule has 0 saturated carbocycles. The van der Waals surface area contributed by atoms with E-state index in [9.17, 15) is 13.2 Å². The average molecular weight is 271 g/mol. The van der Waals surface area contributed by atoms with Crippen LogP contribution in [0.5, 0.6) is 0 Å². The highest BCUT2D eigenvalue weighted by molar-refractivity contribution is 6.20. The summed E-state index contributed by atoms with van der Waals surface area (Å²) in [4.78, 5) is 5.66. The maximum atomic E-state index is 11.9. The van der Waals surface area contributed by atoms with Crippen molar-refractivity contribution in [1.29, 1.82) is 0 Å². The first-order chi connectivity index (χ1) is 7.81. The highest BCUT2D eigenvalue weighted by Crippen LogP contribution is 2.22. The lowest BCUT2D eigenvalue weighted by Gasteiger charge is -2.34. The Morgan fingerprint density at radius 2 is 2.18 bits per heavy atom. The molecule has 1 heterocycles. The number of hydrogen-bond donors (Lipinski definition) is 0. The molecule has 7 heteroatoms. The van der Waals surface area contributed by atoms with Gasteiger partial charge in [-0.3, -0.25) is 4.99 Å². The number of nitrogens with zero attached hydrogens (tertiary/aromatic N) is 2. The number of allylic oxidation sites excluding steroid dienone is 1. The van der Waals surface area contributed by atoms with Crippen LogP contribution in [-0.4, -0.2) is 42.2 Å². The van der Waals surface area contributed by atoms with Gasteiger partial charge in [-0.05, 0) is 19.9 Å². The van der Waals surface area contributed by atoms with E-state index >= 15 is 0 Å². The minimum Gasteiger partial charge on any atom is -0.366 e. The van der Waals surface area contributed by atoms with E-state index in [-0.39, 0.29) is 12.6 Å². The third kappa shape index (κ3) is 4.55. The Bertz CT molecular complexity index is 315. The molecule has 17 heavy (non-hydrogen) atoms. The summed E-state index contributed by atoms with van der Waals surface area (Å²) in [5, 5.41) is 0. The minimum atomic E-state index is -4.31. The van der Waals surface area contributed by atoms with Gasteiger partial charge in [-0.15, -0.1) is 0 Å². The normalized spacial score (nSPS) is 21.0. The standard InChI is InChI=1S/C10H14ClF3N2O/c1-7(2)16-8(3-4-15-9(16)11)5-17-6-10(12,13)14/h3-4,7,9H,5-6H2,1-2H3. The van der Waals surface area contributed by atoms with Gasteiger partial charge in [0.1, 0.15) is 6.61 Å². The lowest BCUT2D eigenvalue weighted by Crippen LogP contribution is -2.39. The van der Waals surface area contributed by atoms with Crippen LogP contribution >= 0.6 is 11.6 Å². The molecule has 0 amide bonds. The Morgan fingerprint density at radius 1 is 1.53 bits per heavy atom. The Balaban J connectivity index is 2.56. The molecule has 0 fully saturated rings. The van der Waals surface area contributed by atoms with Crippen LogP contribution in [0.3, 0.4) is 0 Å². The van der Waals surface area contributed by atoms with Crippen molar-refractivity contribution < 1.29 is 17.9 Å². The smallest absolute Gasteiger partial charge is 0.366 e. The summed E-state index contributed by atoms with van der Waals surface area (Å²) in [6.45, 7) is 2.37. The fraction of sp³-hybridized carbons (Fsp3) is 0.700. The quantitative estimate of drug-likeness (QED) is 0.580. The largest absolute Gasteiger partial charge is 0.411 e. The number of hydrogen-bond acceptors (Lipinski definition) is 3. The van der Waals surface area contributed by atoms with Gasteiger partial charge in [0, 0.05) is 18.0 Å². The molecule has 1 unspecified atom stereocenters. The number of aliphatic imine (C=N–C) groups is 1. The zero-order valence-electron chi connectivity index (χ0n) is 9.54. The molecule has 0 radical (unpaired) electrons. The number of rotatable bonds is 4. The van der Waals surface area contributed by atoms with E-state index in [1.54, 1.807) is 11.0 Å². The molecule has 0 aromatic carbocycles. The SMILES string of the molecule is CC(C)N1C(COCC(F)(F)F)=CC=NC1Cl. The van der Waals surface area contributed by atoms with Crippen LogP contribution in [0.4, 0.5) is 13.2 Å². The molecule has 1 rings (SSSR count). The first kappa shape index (κ1) is 14.3. The number of halogens is 4. The molecule has 0 aliphatic carbocycles. The van der Waals surface area contributed by atoms with Crippen molar-refractivity contribution in [2.45, 2.75) is 31.7 Å². The predicted octanol–water partition coefficient (Wildman–Crippen LogP) is 2.77. The van der Waals surface area contributed by atoms with E-state index in [0.29, 0.717) is 5.70 Å². The van der Waals surface area contributed by atoms with Crippen molar-refractivity contribution in [2.75, 3.05) is 13.2 Å². The molecule has 1 aliphatic heterocycles. The van der Waals surface area contributed by atoms with E-state index in [2.05, 4.69) is 9.73 Å². The Morgan fingerprint density at radius 3 is 2.71 bits per heavy atom. The highest BCUT2D eigenvalue weighted by Gasteiger charge is 2.29. The monoisotopic (exact) mass is 270 g/mol. The summed E-state index contributed by atoms with van der Waals surface area (Å²) in [5.41, 5.74) is 0.00346. The molecule has 0 bridgehead atoms. The number of ether oxygens (including phenoxy) is 1. The summed E-state index contributed by atoms with van der Waals surface area (Å²) in [6, 6.07) is 0.0377. The molecule has 0 saturated heterocycles. The topological polar surface area (TPSA) is 24.8 Å². The fourth-order valence-electron chi connectivity index (χ4n) is 1.47. The van der Waals surface area contributed by atoms with Gasteiger partial charge in [0.2, 0.25) is 0 Å². The lowest BCUT2D eigenvalue weighted by atomic mass is 10.2. The molecular weight excluding hydrogens is 257 g/mol. The van der Waals surface area contributed by atoms with Gasteiger partial charge in [-0.2, -0.15) is 13.2 Å². The van der Waals surface area contributed by atoms with Crippen molar-refractivity contribution in [1.82, 2.24) is 4.90 Å². The minimum absolute atomic E-state index is 0.0377. The van der Waals surface area contributed by atoms with Crippen LogP contribution in [0.15, 0.2) is 16.8 Å². The second kappa shape index (κ2) is 5.73. The van der Waals surface area contributed by atoms with Crippen LogP contribution < -0.4 is 0 Å². The van der Waals surface area contributed by atoms with Crippen molar-refractivity contribution >= 4 is 17.8 Å². The van der Waals surface area contributed by atoms with Gasteiger partial charge >= 0.3 is 6.18 Å². The first-order valence-electron chi connectivity index (χ1n) is 5.10. The summed E-state index contributed by atoms with van der Waals surface area (Å²) >= 11 is 5.95. The summed E-state index contributed by atoms with van der Waals surface area (Å²) in [7, 11) is 0. The molecule has 0 aromatic heterocycles. The third-order valence-corrected chi connectivity index (χ3v) is 2.43. The Kier molecular flexibility index (Phi) is 4.82. The first-order valence-corrected chi connectivity index (χ1v) is 5.54. The highest BCUT2D eigenvalue weighted by atomic mass is 35.5. The molecule has 0 N–H and O–H groups in total. The number of alkyl halides is 4. The van der Waals surface area contributed by atoms with Gasteiger partial charge < -0.3 is 9.64 Å². The predicted molar refractivity (Wildman–Crippen MR) is 60.1 cm³/mol. The van der Waals surface area contributed by atoms with Crippen molar-refractivity contribution in [3.63, 3.8) is 0 Å². The molecule has 1 atom stereocenters. The average Bonchev–Trinajstić information content (AvgIpc) is 2.14. The van der Waals surface area contributed by atoms with Crippen LogP contribution in [-0.2, 0) is 4.74 Å². The van der Waals surface area contributed by atoms with Gasteiger partial charge in [-0.1, -0.05) is 11.6 Å². The van der Waals surface area contributed by atoms with Gasteiger partial charge in [-0.25, -0.2) is 0 Å². The lowest BCUT2D eigenvalue weighted by molar-refractivity contribution is -0.172. The van der Waals surface area contributed by atoms with E-state index < -0.39 is 18.4 Å². The summed E-state index contributed by atoms with van der Waals surface area (Å²) in [6.07, 6.45) is -1.23.